The van der Waals surface area contributed by atoms with Crippen LogP contribution in [0.2, 0.25) is 0 Å². The van der Waals surface area contributed by atoms with Gasteiger partial charge in [0, 0.05) is 18.9 Å². The molecule has 0 rings (SSSR count). The van der Waals surface area contributed by atoms with Crippen LogP contribution in [-0.4, -0.2) is 29.1 Å². The zero-order valence-corrected chi connectivity index (χ0v) is 8.20. The molecule has 1 N–H and O–H groups in total. The topological polar surface area (TPSA) is 81.5 Å². The van der Waals surface area contributed by atoms with Gasteiger partial charge in [-0.2, -0.15) is 0 Å². The van der Waals surface area contributed by atoms with Gasteiger partial charge in [-0.3, -0.25) is 10.1 Å². The SMILES string of the molecule is CNC(=O)OC(Br)C(C)[N+](=O)[O-]. The minimum atomic E-state index is -0.970. The van der Waals surface area contributed by atoms with Crippen LogP contribution in [0, 0.1) is 10.1 Å². The van der Waals surface area contributed by atoms with Crippen LogP contribution >= 0.6 is 15.9 Å². The summed E-state index contributed by atoms with van der Waals surface area (Å²) in [7, 11) is 1.37. The molecule has 0 aromatic rings. The summed E-state index contributed by atoms with van der Waals surface area (Å²) in [4.78, 5) is 20.2. The first-order valence-electron chi connectivity index (χ1n) is 3.15. The van der Waals surface area contributed by atoms with Gasteiger partial charge in [-0.05, 0) is 15.9 Å². The summed E-state index contributed by atoms with van der Waals surface area (Å²) < 4.78 is 4.55. The second kappa shape index (κ2) is 4.91. The van der Waals surface area contributed by atoms with Crippen LogP contribution in [0.25, 0.3) is 0 Å². The Balaban J connectivity index is 3.94. The van der Waals surface area contributed by atoms with Crippen molar-refractivity contribution in [3.63, 3.8) is 0 Å². The number of rotatable bonds is 3. The molecule has 0 saturated carbocycles. The second-order valence-corrected chi connectivity index (χ2v) is 2.93. The Labute approximate surface area is 77.5 Å². The molecule has 7 heteroatoms. The Kier molecular flexibility index (Phi) is 4.57. The number of carbonyl (C=O) groups is 1. The number of nitrogens with one attached hydrogen (secondary N) is 1. The first-order chi connectivity index (χ1) is 5.49. The number of hydrogen-bond donors (Lipinski definition) is 1. The fourth-order valence-electron chi connectivity index (χ4n) is 0.355. The molecule has 0 radical (unpaired) electrons. The largest absolute Gasteiger partial charge is 0.427 e. The van der Waals surface area contributed by atoms with E-state index >= 15 is 0 Å². The van der Waals surface area contributed by atoms with Gasteiger partial charge in [0.2, 0.25) is 5.01 Å². The Morgan fingerprint density at radius 1 is 1.75 bits per heavy atom. The second-order valence-electron chi connectivity index (χ2n) is 2.03. The zero-order valence-electron chi connectivity index (χ0n) is 6.61. The lowest BCUT2D eigenvalue weighted by Crippen LogP contribution is -2.33. The highest BCUT2D eigenvalue weighted by Crippen LogP contribution is 2.09. The van der Waals surface area contributed by atoms with Crippen molar-refractivity contribution in [3.8, 4) is 0 Å². The summed E-state index contributed by atoms with van der Waals surface area (Å²) in [6.07, 6.45) is -0.703. The van der Waals surface area contributed by atoms with E-state index in [0.29, 0.717) is 0 Å². The maximum atomic E-state index is 10.6. The molecule has 0 saturated heterocycles. The Morgan fingerprint density at radius 3 is 2.58 bits per heavy atom. The standard InChI is InChI=1S/C5H9BrN2O4/c1-3(8(10)11)4(6)12-5(9)7-2/h3-4H,1-2H3,(H,7,9). The van der Waals surface area contributed by atoms with Gasteiger partial charge in [-0.1, -0.05) is 0 Å². The summed E-state index contributed by atoms with van der Waals surface area (Å²) in [5.41, 5.74) is 0. The van der Waals surface area contributed by atoms with E-state index in [-0.39, 0.29) is 0 Å². The highest BCUT2D eigenvalue weighted by Gasteiger charge is 2.26. The molecule has 1 amide bonds. The van der Waals surface area contributed by atoms with E-state index in [1.54, 1.807) is 0 Å². The van der Waals surface area contributed by atoms with E-state index < -0.39 is 22.1 Å². The number of alkyl halides is 1. The number of nitrogens with zero attached hydrogens (tertiary/aromatic N) is 1. The summed E-state index contributed by atoms with van der Waals surface area (Å²) in [5.74, 6) is 0. The number of nitro groups is 1. The maximum absolute atomic E-state index is 10.6. The average Bonchev–Trinajstić information content (AvgIpc) is 2.02. The first kappa shape index (κ1) is 11.2. The molecule has 0 spiro atoms. The molecule has 0 aliphatic carbocycles. The molecule has 0 heterocycles. The predicted octanol–water partition coefficient (Wildman–Crippen LogP) is 0.729. The van der Waals surface area contributed by atoms with Crippen LogP contribution in [0.1, 0.15) is 6.92 Å². The molecule has 0 aromatic carbocycles. The van der Waals surface area contributed by atoms with E-state index in [0.717, 1.165) is 0 Å². The van der Waals surface area contributed by atoms with Crippen molar-refractivity contribution in [1.82, 2.24) is 5.32 Å². The number of ether oxygens (including phenoxy) is 1. The molecule has 70 valence electrons. The lowest BCUT2D eigenvalue weighted by molar-refractivity contribution is -0.523. The normalized spacial score (nSPS) is 14.6. The van der Waals surface area contributed by atoms with Crippen LogP contribution in [0.15, 0.2) is 0 Å². The number of hydrogen-bond acceptors (Lipinski definition) is 4. The first-order valence-corrected chi connectivity index (χ1v) is 4.06. The van der Waals surface area contributed by atoms with Crippen molar-refractivity contribution in [1.29, 1.82) is 0 Å². The highest BCUT2D eigenvalue weighted by molar-refractivity contribution is 9.09. The van der Waals surface area contributed by atoms with Crippen molar-refractivity contribution in [2.45, 2.75) is 18.0 Å². The van der Waals surface area contributed by atoms with E-state index in [1.165, 1.54) is 14.0 Å². The lowest BCUT2D eigenvalue weighted by atomic mass is 10.4. The molecule has 6 nitrogen and oxygen atoms in total. The molecule has 0 aliphatic heterocycles. The van der Waals surface area contributed by atoms with Gasteiger partial charge < -0.3 is 10.1 Å². The number of amides is 1. The van der Waals surface area contributed by atoms with Crippen LogP contribution in [0.5, 0.6) is 0 Å². The van der Waals surface area contributed by atoms with Gasteiger partial charge in [0.05, 0.1) is 0 Å². The van der Waals surface area contributed by atoms with Crippen LogP contribution in [0.3, 0.4) is 0 Å². The number of carbonyl (C=O) groups excluding carboxylic acids is 1. The van der Waals surface area contributed by atoms with Gasteiger partial charge in [-0.15, -0.1) is 0 Å². The van der Waals surface area contributed by atoms with Crippen LogP contribution in [0.4, 0.5) is 4.79 Å². The van der Waals surface area contributed by atoms with E-state index in [1.807, 2.05) is 0 Å². The third-order valence-electron chi connectivity index (χ3n) is 1.14. The number of alkyl carbamates (subject to hydrolysis) is 1. The van der Waals surface area contributed by atoms with Crippen molar-refractivity contribution in [2.75, 3.05) is 7.05 Å². The fourth-order valence-corrected chi connectivity index (χ4v) is 0.718. The molecule has 2 unspecified atom stereocenters. The van der Waals surface area contributed by atoms with Crippen molar-refractivity contribution in [3.05, 3.63) is 10.1 Å². The van der Waals surface area contributed by atoms with E-state index in [2.05, 4.69) is 26.0 Å². The molecular formula is C5H9BrN2O4. The minimum absolute atomic E-state index is 0.539. The minimum Gasteiger partial charge on any atom is -0.427 e. The predicted molar refractivity (Wildman–Crippen MR) is 44.7 cm³/mol. The highest BCUT2D eigenvalue weighted by atomic mass is 79.9. The summed E-state index contributed by atoms with van der Waals surface area (Å²) in [5, 5.41) is 11.4. The third kappa shape index (κ3) is 3.51. The van der Waals surface area contributed by atoms with E-state index in [9.17, 15) is 14.9 Å². The van der Waals surface area contributed by atoms with Gasteiger partial charge in [0.15, 0.2) is 0 Å². The van der Waals surface area contributed by atoms with Crippen molar-refractivity contribution >= 4 is 22.0 Å². The third-order valence-corrected chi connectivity index (χ3v) is 2.09. The van der Waals surface area contributed by atoms with Gasteiger partial charge in [0.25, 0.3) is 6.04 Å². The summed E-state index contributed by atoms with van der Waals surface area (Å²) in [6.45, 7) is 1.34. The van der Waals surface area contributed by atoms with Crippen molar-refractivity contribution in [2.24, 2.45) is 0 Å². The lowest BCUT2D eigenvalue weighted by Gasteiger charge is -2.11. The van der Waals surface area contributed by atoms with Gasteiger partial charge >= 0.3 is 6.09 Å². The van der Waals surface area contributed by atoms with E-state index in [4.69, 9.17) is 0 Å². The summed E-state index contributed by atoms with van der Waals surface area (Å²) >= 11 is 2.86. The smallest absolute Gasteiger partial charge is 0.408 e. The van der Waals surface area contributed by atoms with Crippen molar-refractivity contribution < 1.29 is 14.5 Å². The van der Waals surface area contributed by atoms with Crippen LogP contribution < -0.4 is 5.32 Å². The maximum Gasteiger partial charge on any atom is 0.408 e. The zero-order chi connectivity index (χ0) is 9.72. The molecule has 12 heavy (non-hydrogen) atoms. The average molecular weight is 241 g/mol. The van der Waals surface area contributed by atoms with Gasteiger partial charge in [-0.25, -0.2) is 4.79 Å². The Morgan fingerprint density at radius 2 is 2.25 bits per heavy atom. The molecule has 0 aliphatic rings. The molecule has 0 fully saturated rings. The molecule has 2 atom stereocenters. The Bertz CT molecular complexity index is 186. The molecule has 0 bridgehead atoms. The monoisotopic (exact) mass is 240 g/mol. The van der Waals surface area contributed by atoms with Crippen LogP contribution in [-0.2, 0) is 4.74 Å². The fraction of sp³-hybridized carbons (Fsp3) is 0.800. The van der Waals surface area contributed by atoms with Gasteiger partial charge in [0.1, 0.15) is 0 Å². The Hall–Kier alpha value is -0.850. The molecule has 0 aromatic heterocycles. The summed E-state index contributed by atoms with van der Waals surface area (Å²) in [6, 6.07) is -0.970. The number of halogens is 1. The quantitative estimate of drug-likeness (QED) is 0.448. The molecular weight excluding hydrogens is 232 g/mol.